The second-order valence-corrected chi connectivity index (χ2v) is 21.8. The average molecular weight is 1030 g/mol. The van der Waals surface area contributed by atoms with Gasteiger partial charge in [0.15, 0.2) is 0 Å². The Morgan fingerprint density at radius 3 is 0.892 bits per heavy atom. The molecular formula is C70H125NO3. The number of amides is 1. The summed E-state index contributed by atoms with van der Waals surface area (Å²) in [6, 6.07) is -0.634. The van der Waals surface area contributed by atoms with Crippen molar-refractivity contribution < 1.29 is 15.0 Å². The summed E-state index contributed by atoms with van der Waals surface area (Å²) < 4.78 is 0. The molecular weight excluding hydrogens is 903 g/mol. The second kappa shape index (κ2) is 64.6. The first-order valence-corrected chi connectivity index (χ1v) is 32.5. The topological polar surface area (TPSA) is 69.6 Å². The molecule has 4 nitrogen and oxygen atoms in total. The zero-order valence-corrected chi connectivity index (χ0v) is 49.3. The van der Waals surface area contributed by atoms with Crippen molar-refractivity contribution in [1.29, 1.82) is 0 Å². The van der Waals surface area contributed by atoms with E-state index in [1.54, 1.807) is 6.08 Å². The van der Waals surface area contributed by atoms with Gasteiger partial charge in [-0.15, -0.1) is 0 Å². The lowest BCUT2D eigenvalue weighted by Crippen LogP contribution is -2.45. The van der Waals surface area contributed by atoms with Crippen molar-refractivity contribution in [3.8, 4) is 0 Å². The minimum atomic E-state index is -0.850. The van der Waals surface area contributed by atoms with Gasteiger partial charge in [-0.1, -0.05) is 336 Å². The SMILES string of the molecule is CC/C=C\C/C=C\C/C=C\C/C=C\C/C=C\C/C=C\C/C=C\CCCCCCCCCCCC(=O)NC(CO)C(O)/C=C/CCCCCCCCCCCCCCCCCCCCCCCCCCCCCCC. The van der Waals surface area contributed by atoms with Crippen LogP contribution >= 0.6 is 0 Å². The highest BCUT2D eigenvalue weighted by atomic mass is 16.3. The monoisotopic (exact) mass is 1030 g/mol. The standard InChI is InChI=1S/C70H125NO3/c1-3-5-7-9-11-13-15-17-19-21-23-25-27-29-31-33-35-37-39-41-43-45-47-49-51-53-55-57-59-61-63-65-69(73)68(67-72)71-70(74)66-64-62-60-58-56-54-52-50-48-46-44-42-40-38-36-34-32-30-28-26-24-22-20-18-16-14-12-10-8-6-4-2/h6,8,12,14,18,20,24,26,30,32,36,38,42,44,63,65,68-69,72-73H,3-5,7,9-11,13,15-17,19,21-23,25,27-29,31,33-35,37,39-41,43,45-62,64,66-67H2,1-2H3,(H,71,74)/b8-6-,14-12-,20-18-,26-24-,32-30-,38-36-,44-42-,65-63+. The molecule has 0 radical (unpaired) electrons. The molecule has 428 valence electrons. The van der Waals surface area contributed by atoms with Gasteiger partial charge < -0.3 is 15.5 Å². The Morgan fingerprint density at radius 1 is 0.338 bits per heavy atom. The van der Waals surface area contributed by atoms with Crippen molar-refractivity contribution in [2.24, 2.45) is 0 Å². The number of hydrogen-bond acceptors (Lipinski definition) is 3. The van der Waals surface area contributed by atoms with Gasteiger partial charge in [-0.25, -0.2) is 0 Å². The first kappa shape index (κ1) is 71.3. The van der Waals surface area contributed by atoms with Crippen LogP contribution in [0.4, 0.5) is 0 Å². The van der Waals surface area contributed by atoms with Crippen molar-refractivity contribution in [2.75, 3.05) is 6.61 Å². The van der Waals surface area contributed by atoms with Gasteiger partial charge in [-0.05, 0) is 77.0 Å². The number of aliphatic hydroxyl groups excluding tert-OH is 2. The third-order valence-electron chi connectivity index (χ3n) is 14.6. The summed E-state index contributed by atoms with van der Waals surface area (Å²) in [5.41, 5.74) is 0. The minimum Gasteiger partial charge on any atom is -0.394 e. The molecule has 3 N–H and O–H groups in total. The van der Waals surface area contributed by atoms with E-state index in [4.69, 9.17) is 0 Å². The third kappa shape index (κ3) is 60.2. The summed E-state index contributed by atoms with van der Waals surface area (Å²) >= 11 is 0. The van der Waals surface area contributed by atoms with Crippen molar-refractivity contribution in [3.05, 3.63) is 97.2 Å². The number of aliphatic hydroxyl groups is 2. The summed E-state index contributed by atoms with van der Waals surface area (Å²) in [4.78, 5) is 12.5. The Labute approximate surface area is 462 Å². The molecule has 0 aliphatic carbocycles. The van der Waals surface area contributed by atoms with Crippen LogP contribution in [-0.2, 0) is 4.79 Å². The lowest BCUT2D eigenvalue weighted by atomic mass is 10.0. The summed E-state index contributed by atoms with van der Waals surface area (Å²) in [6.07, 6.45) is 96.0. The van der Waals surface area contributed by atoms with Gasteiger partial charge in [-0.2, -0.15) is 0 Å². The van der Waals surface area contributed by atoms with Crippen LogP contribution < -0.4 is 5.32 Å². The van der Waals surface area contributed by atoms with Gasteiger partial charge in [0.05, 0.1) is 18.8 Å². The van der Waals surface area contributed by atoms with Crippen LogP contribution in [0.1, 0.15) is 322 Å². The van der Waals surface area contributed by atoms with E-state index in [2.05, 4.69) is 104 Å². The van der Waals surface area contributed by atoms with E-state index in [0.717, 1.165) is 70.6 Å². The maximum absolute atomic E-state index is 12.5. The molecule has 4 heteroatoms. The van der Waals surface area contributed by atoms with Crippen molar-refractivity contribution >= 4 is 5.91 Å². The number of carbonyl (C=O) groups excluding carboxylic acids is 1. The summed E-state index contributed by atoms with van der Waals surface area (Å²) in [5, 5.41) is 23.3. The van der Waals surface area contributed by atoms with Gasteiger partial charge >= 0.3 is 0 Å². The molecule has 0 saturated heterocycles. The predicted octanol–water partition coefficient (Wildman–Crippen LogP) is 22.0. The number of carbonyl (C=O) groups is 1. The number of allylic oxidation sites excluding steroid dienone is 15. The maximum Gasteiger partial charge on any atom is 0.220 e. The smallest absolute Gasteiger partial charge is 0.220 e. The van der Waals surface area contributed by atoms with E-state index in [-0.39, 0.29) is 12.5 Å². The molecule has 2 atom stereocenters. The molecule has 0 saturated carbocycles. The predicted molar refractivity (Wildman–Crippen MR) is 331 cm³/mol. The molecule has 0 bridgehead atoms. The van der Waals surface area contributed by atoms with Gasteiger partial charge in [0, 0.05) is 6.42 Å². The van der Waals surface area contributed by atoms with Crippen LogP contribution in [0.3, 0.4) is 0 Å². The lowest BCUT2D eigenvalue weighted by Gasteiger charge is -2.20. The van der Waals surface area contributed by atoms with E-state index in [1.807, 2.05) is 6.08 Å². The van der Waals surface area contributed by atoms with Crippen molar-refractivity contribution in [1.82, 2.24) is 5.32 Å². The van der Waals surface area contributed by atoms with E-state index in [0.29, 0.717) is 6.42 Å². The molecule has 2 unspecified atom stereocenters. The number of hydrogen-bond donors (Lipinski definition) is 3. The molecule has 0 aliphatic heterocycles. The highest BCUT2D eigenvalue weighted by Gasteiger charge is 2.18. The fourth-order valence-electron chi connectivity index (χ4n) is 9.69. The normalized spacial score (nSPS) is 13.4. The van der Waals surface area contributed by atoms with E-state index in [9.17, 15) is 15.0 Å². The van der Waals surface area contributed by atoms with E-state index >= 15 is 0 Å². The van der Waals surface area contributed by atoms with Crippen molar-refractivity contribution in [3.63, 3.8) is 0 Å². The third-order valence-corrected chi connectivity index (χ3v) is 14.6. The van der Waals surface area contributed by atoms with Gasteiger partial charge in [-0.3, -0.25) is 4.79 Å². The van der Waals surface area contributed by atoms with Crippen molar-refractivity contribution in [2.45, 2.75) is 334 Å². The summed E-state index contributed by atoms with van der Waals surface area (Å²) in [5.74, 6) is -0.0706. The lowest BCUT2D eigenvalue weighted by molar-refractivity contribution is -0.123. The highest BCUT2D eigenvalue weighted by molar-refractivity contribution is 5.76. The van der Waals surface area contributed by atoms with E-state index in [1.165, 1.54) is 231 Å². The number of nitrogens with one attached hydrogen (secondary N) is 1. The Kier molecular flexibility index (Phi) is 62.2. The van der Waals surface area contributed by atoms with Crippen LogP contribution in [0.2, 0.25) is 0 Å². The first-order valence-electron chi connectivity index (χ1n) is 32.5. The number of rotatable bonds is 59. The summed E-state index contributed by atoms with van der Waals surface area (Å²) in [6.45, 7) is 4.22. The maximum atomic E-state index is 12.5. The molecule has 0 spiro atoms. The Morgan fingerprint density at radius 2 is 0.595 bits per heavy atom. The minimum absolute atomic E-state index is 0.0706. The average Bonchev–Trinajstić information content (AvgIpc) is 3.40. The summed E-state index contributed by atoms with van der Waals surface area (Å²) in [7, 11) is 0. The Hall–Kier alpha value is -2.69. The fourth-order valence-corrected chi connectivity index (χ4v) is 9.69. The van der Waals surface area contributed by atoms with Gasteiger partial charge in [0.1, 0.15) is 0 Å². The zero-order chi connectivity index (χ0) is 53.4. The van der Waals surface area contributed by atoms with Crippen LogP contribution in [0, 0.1) is 0 Å². The molecule has 0 heterocycles. The van der Waals surface area contributed by atoms with E-state index < -0.39 is 12.1 Å². The number of unbranched alkanes of at least 4 members (excludes halogenated alkanes) is 38. The highest BCUT2D eigenvalue weighted by Crippen LogP contribution is 2.18. The van der Waals surface area contributed by atoms with Crippen LogP contribution in [0.5, 0.6) is 0 Å². The molecule has 74 heavy (non-hydrogen) atoms. The Bertz CT molecular complexity index is 1350. The molecule has 0 aromatic heterocycles. The van der Waals surface area contributed by atoms with Gasteiger partial charge in [0.2, 0.25) is 5.91 Å². The largest absolute Gasteiger partial charge is 0.394 e. The molecule has 0 fully saturated rings. The second-order valence-electron chi connectivity index (χ2n) is 21.8. The fraction of sp³-hybridized carbons (Fsp3) is 0.757. The van der Waals surface area contributed by atoms with Crippen LogP contribution in [0.15, 0.2) is 97.2 Å². The quantitative estimate of drug-likeness (QED) is 0.0420. The molecule has 1 amide bonds. The first-order chi connectivity index (χ1) is 36.7. The van der Waals surface area contributed by atoms with Crippen LogP contribution in [0.25, 0.3) is 0 Å². The Balaban J connectivity index is 3.52. The van der Waals surface area contributed by atoms with Crippen LogP contribution in [-0.4, -0.2) is 34.9 Å². The molecule has 0 aromatic rings. The molecule has 0 aromatic carbocycles. The molecule has 0 rings (SSSR count). The zero-order valence-electron chi connectivity index (χ0n) is 49.3. The van der Waals surface area contributed by atoms with Gasteiger partial charge in [0.25, 0.3) is 0 Å². The molecule has 0 aliphatic rings.